The van der Waals surface area contributed by atoms with Crippen LogP contribution >= 0.6 is 7.14 Å². The Labute approximate surface area is 180 Å². The predicted octanol–water partition coefficient (Wildman–Crippen LogP) is 2.22. The highest BCUT2D eigenvalue weighted by Crippen LogP contribution is 2.62. The minimum Gasteiger partial charge on any atom is -0.348 e. The average molecular weight is 437 g/mol. The van der Waals surface area contributed by atoms with Gasteiger partial charge in [-0.15, -0.1) is 0 Å². The molecule has 2 bridgehead atoms. The first kappa shape index (κ1) is 21.4. The Balaban J connectivity index is 1.63. The Morgan fingerprint density at radius 3 is 1.94 bits per heavy atom. The van der Waals surface area contributed by atoms with Gasteiger partial charge >= 0.3 is 0 Å². The molecule has 2 unspecified atom stereocenters. The number of fused-ring (bicyclic) bond motifs is 2. The first-order chi connectivity index (χ1) is 14.7. The molecule has 0 aromatic heterocycles. The minimum absolute atomic E-state index is 0.282. The molecule has 31 heavy (non-hydrogen) atoms. The van der Waals surface area contributed by atoms with Gasteiger partial charge in [-0.05, 0) is 18.3 Å². The molecule has 0 heterocycles. The summed E-state index contributed by atoms with van der Waals surface area (Å²) in [4.78, 5) is 51.4. The second kappa shape index (κ2) is 7.38. The van der Waals surface area contributed by atoms with Crippen molar-refractivity contribution in [3.63, 3.8) is 0 Å². The predicted molar refractivity (Wildman–Crippen MR) is 117 cm³/mol. The Bertz CT molecular complexity index is 1080. The van der Waals surface area contributed by atoms with E-state index in [0.29, 0.717) is 17.0 Å². The molecule has 2 saturated carbocycles. The zero-order valence-corrected chi connectivity index (χ0v) is 18.4. The Morgan fingerprint density at radius 1 is 0.968 bits per heavy atom. The van der Waals surface area contributed by atoms with Crippen molar-refractivity contribution in [3.05, 3.63) is 60.7 Å². The van der Waals surface area contributed by atoms with Gasteiger partial charge < -0.3 is 9.88 Å². The van der Waals surface area contributed by atoms with E-state index in [-0.39, 0.29) is 6.42 Å². The van der Waals surface area contributed by atoms with Crippen LogP contribution in [0.25, 0.3) is 0 Å². The maximum Gasteiger partial charge on any atom is 0.235 e. The molecule has 1 N–H and O–H groups in total. The molecular weight excluding hydrogens is 413 g/mol. The van der Waals surface area contributed by atoms with Crippen LogP contribution in [0.4, 0.5) is 0 Å². The number of rotatable bonds is 6. The number of Topliss-reactive ketones (excluding diaryl/α,β-unsaturated/α-hetero) is 2. The van der Waals surface area contributed by atoms with Gasteiger partial charge in [-0.1, -0.05) is 74.5 Å². The molecule has 0 radical (unpaired) electrons. The van der Waals surface area contributed by atoms with Gasteiger partial charge in [0, 0.05) is 16.5 Å². The van der Waals surface area contributed by atoms with Crippen molar-refractivity contribution in [1.82, 2.24) is 5.32 Å². The van der Waals surface area contributed by atoms with Crippen LogP contribution in [-0.4, -0.2) is 29.5 Å². The third-order valence-electron chi connectivity index (χ3n) is 7.09. The van der Waals surface area contributed by atoms with Crippen LogP contribution in [0.2, 0.25) is 0 Å². The highest BCUT2D eigenvalue weighted by molar-refractivity contribution is 7.93. The number of carbonyl (C=O) groups excluding carboxylic acids is 4. The van der Waals surface area contributed by atoms with Gasteiger partial charge in [-0.2, -0.15) is 0 Å². The smallest absolute Gasteiger partial charge is 0.235 e. The SMILES string of the molecule is CC1(C)C2CCC1(C(=O)NCC(=O)P(=O)(c1ccccc1)c1ccccc1)C(=O)C2=O. The first-order valence-electron chi connectivity index (χ1n) is 10.3. The summed E-state index contributed by atoms with van der Waals surface area (Å²) in [6, 6.07) is 16.9. The van der Waals surface area contributed by atoms with Crippen molar-refractivity contribution < 1.29 is 23.7 Å². The second-order valence-corrected chi connectivity index (χ2v) is 11.5. The van der Waals surface area contributed by atoms with E-state index in [1.54, 1.807) is 74.5 Å². The van der Waals surface area contributed by atoms with E-state index in [4.69, 9.17) is 0 Å². The molecule has 6 nitrogen and oxygen atoms in total. The molecule has 2 aromatic rings. The van der Waals surface area contributed by atoms with Gasteiger partial charge in [0.25, 0.3) is 0 Å². The monoisotopic (exact) mass is 437 g/mol. The summed E-state index contributed by atoms with van der Waals surface area (Å²) < 4.78 is 14.0. The summed E-state index contributed by atoms with van der Waals surface area (Å²) in [5, 5.41) is 3.32. The third-order valence-corrected chi connectivity index (χ3v) is 10.00. The Hall–Kier alpha value is -2.85. The van der Waals surface area contributed by atoms with Crippen molar-refractivity contribution in [3.8, 4) is 0 Å². The molecule has 160 valence electrons. The lowest BCUT2D eigenvalue weighted by atomic mass is 9.68. The number of nitrogens with one attached hydrogen (secondary N) is 1. The van der Waals surface area contributed by atoms with Crippen LogP contribution in [0.3, 0.4) is 0 Å². The standard InChI is InChI=1S/C24H24NO5P/c1-23(2)18-13-14-24(23,21(28)20(18)27)22(29)25-15-19(26)31(30,16-9-5-3-6-10-16)17-11-7-4-8-12-17/h3-12,18H,13-15H2,1-2H3,(H,25,29). The number of amides is 1. The average Bonchev–Trinajstić information content (AvgIpc) is 3.14. The van der Waals surface area contributed by atoms with Gasteiger partial charge in [0.15, 0.2) is 0 Å². The third kappa shape index (κ3) is 2.89. The summed E-state index contributed by atoms with van der Waals surface area (Å²) in [6.45, 7) is 3.03. The molecule has 2 aliphatic rings. The van der Waals surface area contributed by atoms with Crippen molar-refractivity contribution >= 4 is 40.7 Å². The quantitative estimate of drug-likeness (QED) is 0.425. The molecule has 0 saturated heterocycles. The maximum absolute atomic E-state index is 14.0. The molecule has 2 aliphatic carbocycles. The van der Waals surface area contributed by atoms with Gasteiger partial charge in [0.2, 0.25) is 30.1 Å². The van der Waals surface area contributed by atoms with Gasteiger partial charge in [0.1, 0.15) is 5.41 Å². The van der Waals surface area contributed by atoms with E-state index in [1.165, 1.54) is 0 Å². The molecule has 0 spiro atoms. The fraction of sp³-hybridized carbons (Fsp3) is 0.333. The molecule has 1 amide bonds. The van der Waals surface area contributed by atoms with Gasteiger partial charge in [-0.3, -0.25) is 19.2 Å². The molecule has 0 aliphatic heterocycles. The highest BCUT2D eigenvalue weighted by Gasteiger charge is 2.72. The molecule has 2 aromatic carbocycles. The topological polar surface area (TPSA) is 97.4 Å². The van der Waals surface area contributed by atoms with Crippen LogP contribution in [0.5, 0.6) is 0 Å². The van der Waals surface area contributed by atoms with Gasteiger partial charge in [-0.25, -0.2) is 0 Å². The van der Waals surface area contributed by atoms with Crippen LogP contribution in [0.1, 0.15) is 26.7 Å². The number of ketones is 2. The van der Waals surface area contributed by atoms with Crippen molar-refractivity contribution in [2.75, 3.05) is 6.54 Å². The van der Waals surface area contributed by atoms with Crippen molar-refractivity contribution in [2.45, 2.75) is 26.7 Å². The molecule has 7 heteroatoms. The molecular formula is C24H24NO5P. The zero-order chi connectivity index (χ0) is 22.4. The largest absolute Gasteiger partial charge is 0.348 e. The van der Waals surface area contributed by atoms with E-state index in [1.807, 2.05) is 0 Å². The van der Waals surface area contributed by atoms with Crippen LogP contribution < -0.4 is 15.9 Å². The second-order valence-electron chi connectivity index (χ2n) is 8.77. The van der Waals surface area contributed by atoms with Crippen LogP contribution in [-0.2, 0) is 23.7 Å². The molecule has 4 rings (SSSR count). The lowest BCUT2D eigenvalue weighted by Crippen LogP contribution is -2.51. The number of hydrogen-bond acceptors (Lipinski definition) is 5. The lowest BCUT2D eigenvalue weighted by Gasteiger charge is -2.33. The van der Waals surface area contributed by atoms with E-state index >= 15 is 0 Å². The first-order valence-corrected chi connectivity index (χ1v) is 12.0. The maximum atomic E-state index is 14.0. The Kier molecular flexibility index (Phi) is 5.09. The summed E-state index contributed by atoms with van der Waals surface area (Å²) >= 11 is 0. The van der Waals surface area contributed by atoms with Gasteiger partial charge in [0.05, 0.1) is 6.54 Å². The normalized spacial score (nSPS) is 24.3. The van der Waals surface area contributed by atoms with E-state index in [0.717, 1.165) is 0 Å². The number of hydrogen-bond donors (Lipinski definition) is 1. The fourth-order valence-corrected chi connectivity index (χ4v) is 7.57. The highest BCUT2D eigenvalue weighted by atomic mass is 31.2. The van der Waals surface area contributed by atoms with Crippen molar-refractivity contribution in [2.24, 2.45) is 16.7 Å². The number of carbonyl (C=O) groups is 4. The summed E-state index contributed by atoms with van der Waals surface area (Å²) in [5.74, 6) is -2.27. The van der Waals surface area contributed by atoms with Crippen LogP contribution in [0.15, 0.2) is 60.7 Å². The molecule has 2 atom stereocenters. The molecule has 2 fully saturated rings. The summed E-state index contributed by atoms with van der Waals surface area (Å²) in [5.41, 5.74) is -2.89. The van der Waals surface area contributed by atoms with E-state index < -0.39 is 53.4 Å². The Morgan fingerprint density at radius 2 is 1.48 bits per heavy atom. The summed E-state index contributed by atoms with van der Waals surface area (Å²) in [6.07, 6.45) is 0.760. The lowest BCUT2D eigenvalue weighted by molar-refractivity contribution is -0.149. The zero-order valence-electron chi connectivity index (χ0n) is 17.5. The fourth-order valence-electron chi connectivity index (χ4n) is 5.22. The minimum atomic E-state index is -3.69. The summed E-state index contributed by atoms with van der Waals surface area (Å²) in [7, 11) is -3.69. The van der Waals surface area contributed by atoms with E-state index in [9.17, 15) is 23.7 Å². The van der Waals surface area contributed by atoms with Crippen LogP contribution in [0, 0.1) is 16.7 Å². The number of benzene rings is 2. The van der Waals surface area contributed by atoms with Crippen molar-refractivity contribution in [1.29, 1.82) is 0 Å². The van der Waals surface area contributed by atoms with E-state index in [2.05, 4.69) is 5.32 Å².